The number of nitrogens with one attached hydrogen (secondary N) is 1. The van der Waals surface area contributed by atoms with E-state index in [0.717, 1.165) is 32.2 Å². The molecule has 0 bridgehead atoms. The van der Waals surface area contributed by atoms with Gasteiger partial charge in [-0.15, -0.1) is 0 Å². The van der Waals surface area contributed by atoms with Crippen molar-refractivity contribution in [2.24, 2.45) is 23.7 Å². The van der Waals surface area contributed by atoms with Gasteiger partial charge in [0.15, 0.2) is 0 Å². The minimum absolute atomic E-state index is 0.136. The van der Waals surface area contributed by atoms with E-state index >= 15 is 0 Å². The fourth-order valence-corrected chi connectivity index (χ4v) is 3.53. The number of hydrogen-bond donors (Lipinski definition) is 2. The number of hydrogen-bond acceptors (Lipinski definition) is 2. The quantitative estimate of drug-likeness (QED) is 0.786. The second-order valence-corrected chi connectivity index (χ2v) is 6.63. The Morgan fingerprint density at radius 1 is 1.11 bits per heavy atom. The van der Waals surface area contributed by atoms with Gasteiger partial charge in [-0.2, -0.15) is 0 Å². The number of aliphatic hydroxyl groups is 1. The highest BCUT2D eigenvalue weighted by Crippen LogP contribution is 2.49. The van der Waals surface area contributed by atoms with Crippen molar-refractivity contribution in [2.75, 3.05) is 6.54 Å². The van der Waals surface area contributed by atoms with Crippen LogP contribution in [0.15, 0.2) is 0 Å². The van der Waals surface area contributed by atoms with Crippen LogP contribution in [0.4, 0.5) is 0 Å². The van der Waals surface area contributed by atoms with E-state index in [0.29, 0.717) is 29.6 Å². The van der Waals surface area contributed by atoms with E-state index < -0.39 is 0 Å². The van der Waals surface area contributed by atoms with Crippen LogP contribution in [0.25, 0.3) is 0 Å². The lowest BCUT2D eigenvalue weighted by Crippen LogP contribution is -2.38. The SMILES string of the molecule is O=C(NCC1CCCC(O)C1)C(C1CC1)C1CC1. The van der Waals surface area contributed by atoms with Crippen LogP contribution in [0.3, 0.4) is 0 Å². The largest absolute Gasteiger partial charge is 0.393 e. The molecule has 3 heteroatoms. The van der Waals surface area contributed by atoms with Crippen molar-refractivity contribution in [1.29, 1.82) is 0 Å². The van der Waals surface area contributed by atoms with Crippen LogP contribution in [0, 0.1) is 23.7 Å². The molecule has 0 aliphatic heterocycles. The number of carbonyl (C=O) groups is 1. The molecule has 0 spiro atoms. The molecule has 3 nitrogen and oxygen atoms in total. The summed E-state index contributed by atoms with van der Waals surface area (Å²) in [5.41, 5.74) is 0. The summed E-state index contributed by atoms with van der Waals surface area (Å²) in [6, 6.07) is 0. The third-order valence-electron chi connectivity index (χ3n) is 4.88. The number of rotatable bonds is 5. The minimum Gasteiger partial charge on any atom is -0.393 e. The Labute approximate surface area is 109 Å². The molecule has 3 rings (SSSR count). The van der Waals surface area contributed by atoms with E-state index in [1.807, 2.05) is 0 Å². The predicted octanol–water partition coefficient (Wildman–Crippen LogP) is 2.09. The molecule has 0 aromatic heterocycles. The van der Waals surface area contributed by atoms with Crippen LogP contribution < -0.4 is 5.32 Å². The van der Waals surface area contributed by atoms with E-state index in [9.17, 15) is 9.90 Å². The van der Waals surface area contributed by atoms with E-state index in [1.54, 1.807) is 0 Å². The lowest BCUT2D eigenvalue weighted by molar-refractivity contribution is -0.126. The van der Waals surface area contributed by atoms with Crippen LogP contribution in [-0.4, -0.2) is 23.7 Å². The maximum absolute atomic E-state index is 12.3. The smallest absolute Gasteiger partial charge is 0.223 e. The molecule has 0 aromatic carbocycles. The summed E-state index contributed by atoms with van der Waals surface area (Å²) in [5.74, 6) is 2.50. The average molecular weight is 251 g/mol. The highest BCUT2D eigenvalue weighted by Gasteiger charge is 2.45. The molecule has 2 atom stereocenters. The lowest BCUT2D eigenvalue weighted by Gasteiger charge is -2.26. The Balaban J connectivity index is 1.45. The summed E-state index contributed by atoms with van der Waals surface area (Å²) in [7, 11) is 0. The Morgan fingerprint density at radius 3 is 2.33 bits per heavy atom. The molecule has 1 amide bonds. The Morgan fingerprint density at radius 2 is 1.78 bits per heavy atom. The highest BCUT2D eigenvalue weighted by atomic mass is 16.3. The van der Waals surface area contributed by atoms with Crippen molar-refractivity contribution in [2.45, 2.75) is 57.5 Å². The lowest BCUT2D eigenvalue weighted by atomic mass is 9.87. The zero-order chi connectivity index (χ0) is 12.5. The first kappa shape index (κ1) is 12.5. The van der Waals surface area contributed by atoms with E-state index in [1.165, 1.54) is 25.7 Å². The van der Waals surface area contributed by atoms with Crippen molar-refractivity contribution in [3.05, 3.63) is 0 Å². The molecule has 3 saturated carbocycles. The molecule has 0 heterocycles. The molecule has 3 aliphatic carbocycles. The van der Waals surface area contributed by atoms with Gasteiger partial charge in [0.2, 0.25) is 5.91 Å². The molecular formula is C15H25NO2. The number of aliphatic hydroxyl groups excluding tert-OH is 1. The van der Waals surface area contributed by atoms with Crippen molar-refractivity contribution in [1.82, 2.24) is 5.32 Å². The van der Waals surface area contributed by atoms with Gasteiger partial charge in [0, 0.05) is 12.5 Å². The monoisotopic (exact) mass is 251 g/mol. The van der Waals surface area contributed by atoms with Gasteiger partial charge >= 0.3 is 0 Å². The van der Waals surface area contributed by atoms with Crippen molar-refractivity contribution in [3.8, 4) is 0 Å². The fraction of sp³-hybridized carbons (Fsp3) is 0.933. The summed E-state index contributed by atoms with van der Waals surface area (Å²) in [6.07, 6.45) is 8.99. The molecule has 2 N–H and O–H groups in total. The van der Waals surface area contributed by atoms with Crippen molar-refractivity contribution < 1.29 is 9.90 Å². The first-order valence-corrected chi connectivity index (χ1v) is 7.70. The molecule has 2 unspecified atom stereocenters. The second-order valence-electron chi connectivity index (χ2n) is 6.63. The summed E-state index contributed by atoms with van der Waals surface area (Å²) in [6.45, 7) is 0.784. The van der Waals surface area contributed by atoms with Gasteiger partial charge in [-0.05, 0) is 62.7 Å². The van der Waals surface area contributed by atoms with Gasteiger partial charge in [-0.3, -0.25) is 4.79 Å². The average Bonchev–Trinajstić information content (AvgIpc) is 3.21. The van der Waals surface area contributed by atoms with E-state index in [-0.39, 0.29) is 6.10 Å². The van der Waals surface area contributed by atoms with Gasteiger partial charge in [-0.25, -0.2) is 0 Å². The van der Waals surface area contributed by atoms with Crippen LogP contribution >= 0.6 is 0 Å². The van der Waals surface area contributed by atoms with E-state index in [2.05, 4.69) is 5.32 Å². The Kier molecular flexibility index (Phi) is 3.60. The minimum atomic E-state index is -0.136. The van der Waals surface area contributed by atoms with Crippen LogP contribution in [0.5, 0.6) is 0 Å². The highest BCUT2D eigenvalue weighted by molar-refractivity contribution is 5.80. The first-order chi connectivity index (χ1) is 8.74. The molecular weight excluding hydrogens is 226 g/mol. The summed E-state index contributed by atoms with van der Waals surface area (Å²) >= 11 is 0. The normalized spacial score (nSPS) is 32.6. The molecule has 0 aromatic rings. The zero-order valence-electron chi connectivity index (χ0n) is 11.1. The molecule has 0 saturated heterocycles. The molecule has 3 fully saturated rings. The van der Waals surface area contributed by atoms with Gasteiger partial charge in [0.25, 0.3) is 0 Å². The first-order valence-electron chi connectivity index (χ1n) is 7.70. The Bertz CT molecular complexity index is 298. The number of carbonyl (C=O) groups excluding carboxylic acids is 1. The second kappa shape index (κ2) is 5.20. The predicted molar refractivity (Wildman–Crippen MR) is 69.9 cm³/mol. The molecule has 102 valence electrons. The maximum atomic E-state index is 12.3. The standard InChI is InChI=1S/C15H25NO2/c17-13-3-1-2-10(8-13)9-16-15(18)14(11-4-5-11)12-6-7-12/h10-14,17H,1-9H2,(H,16,18). The summed E-state index contributed by atoms with van der Waals surface area (Å²) in [5, 5.41) is 12.8. The van der Waals surface area contributed by atoms with Gasteiger partial charge in [-0.1, -0.05) is 6.42 Å². The summed E-state index contributed by atoms with van der Waals surface area (Å²) < 4.78 is 0. The summed E-state index contributed by atoms with van der Waals surface area (Å²) in [4.78, 5) is 12.3. The zero-order valence-corrected chi connectivity index (χ0v) is 11.1. The van der Waals surface area contributed by atoms with Gasteiger partial charge < -0.3 is 10.4 Å². The molecule has 18 heavy (non-hydrogen) atoms. The van der Waals surface area contributed by atoms with Gasteiger partial charge in [0.1, 0.15) is 0 Å². The fourth-order valence-electron chi connectivity index (χ4n) is 3.53. The molecule has 3 aliphatic rings. The van der Waals surface area contributed by atoms with Crippen LogP contribution in [-0.2, 0) is 4.79 Å². The van der Waals surface area contributed by atoms with Crippen LogP contribution in [0.1, 0.15) is 51.4 Å². The van der Waals surface area contributed by atoms with Crippen LogP contribution in [0.2, 0.25) is 0 Å². The number of amides is 1. The third-order valence-corrected chi connectivity index (χ3v) is 4.88. The van der Waals surface area contributed by atoms with Crippen molar-refractivity contribution >= 4 is 5.91 Å². The third kappa shape index (κ3) is 3.05. The topological polar surface area (TPSA) is 49.3 Å². The van der Waals surface area contributed by atoms with E-state index in [4.69, 9.17) is 0 Å². The van der Waals surface area contributed by atoms with Crippen molar-refractivity contribution in [3.63, 3.8) is 0 Å². The maximum Gasteiger partial charge on any atom is 0.223 e. The molecule has 0 radical (unpaired) electrons. The Hall–Kier alpha value is -0.570. The van der Waals surface area contributed by atoms with Gasteiger partial charge in [0.05, 0.1) is 6.10 Å².